The summed E-state index contributed by atoms with van der Waals surface area (Å²) in [5, 5.41) is 19.1. The number of aliphatic carboxylic acids is 1. The number of nitrogens with one attached hydrogen (secondary N) is 1. The van der Waals surface area contributed by atoms with Gasteiger partial charge in [-0.1, -0.05) is 5.21 Å². The smallest absolute Gasteiger partial charge is 0.306 e. The van der Waals surface area contributed by atoms with Gasteiger partial charge in [0.05, 0.1) is 18.7 Å². The maximum absolute atomic E-state index is 11.7. The molecule has 1 aliphatic carbocycles. The number of hydrogen-bond acceptors (Lipinski definition) is 4. The molecule has 1 heterocycles. The molecule has 0 bridgehead atoms. The Labute approximate surface area is 104 Å². The lowest BCUT2D eigenvalue weighted by Crippen LogP contribution is -2.33. The number of aryl methyl sites for hydroxylation is 1. The first kappa shape index (κ1) is 12.5. The van der Waals surface area contributed by atoms with Crippen LogP contribution >= 0.6 is 0 Å². The van der Waals surface area contributed by atoms with E-state index in [9.17, 15) is 9.59 Å². The Bertz CT molecular complexity index is 418. The molecule has 0 aromatic carbocycles. The molecule has 7 nitrogen and oxygen atoms in total. The summed E-state index contributed by atoms with van der Waals surface area (Å²) in [6.45, 7) is 0.487. The van der Waals surface area contributed by atoms with Crippen LogP contribution in [-0.2, 0) is 16.1 Å². The maximum atomic E-state index is 11.7. The van der Waals surface area contributed by atoms with Crippen LogP contribution in [0.25, 0.3) is 0 Å². The van der Waals surface area contributed by atoms with Crippen LogP contribution in [0.15, 0.2) is 12.4 Å². The zero-order valence-corrected chi connectivity index (χ0v) is 9.95. The number of carbonyl (C=O) groups excluding carboxylic acids is 1. The van der Waals surface area contributed by atoms with Crippen molar-refractivity contribution in [2.45, 2.75) is 38.3 Å². The average Bonchev–Trinajstić information content (AvgIpc) is 2.96. The van der Waals surface area contributed by atoms with Crippen molar-refractivity contribution in [3.63, 3.8) is 0 Å². The van der Waals surface area contributed by atoms with E-state index in [0.29, 0.717) is 25.8 Å². The minimum absolute atomic E-state index is 0.00523. The quantitative estimate of drug-likeness (QED) is 0.771. The van der Waals surface area contributed by atoms with Crippen molar-refractivity contribution in [1.82, 2.24) is 20.3 Å². The van der Waals surface area contributed by atoms with Gasteiger partial charge >= 0.3 is 5.97 Å². The summed E-state index contributed by atoms with van der Waals surface area (Å²) in [7, 11) is 0. The lowest BCUT2D eigenvalue weighted by molar-refractivity contribution is -0.141. The fourth-order valence-corrected chi connectivity index (χ4v) is 2.20. The van der Waals surface area contributed by atoms with Gasteiger partial charge in [-0.05, 0) is 19.3 Å². The highest BCUT2D eigenvalue weighted by Crippen LogP contribution is 2.25. The summed E-state index contributed by atoms with van der Waals surface area (Å²) in [5.41, 5.74) is 0. The highest BCUT2D eigenvalue weighted by Gasteiger charge is 2.30. The number of aromatic nitrogens is 3. The molecule has 2 rings (SSSR count). The number of amides is 1. The summed E-state index contributed by atoms with van der Waals surface area (Å²) in [5.74, 6) is -1.15. The van der Waals surface area contributed by atoms with Crippen molar-refractivity contribution >= 4 is 11.9 Å². The molecule has 2 unspecified atom stereocenters. The molecule has 98 valence electrons. The topological polar surface area (TPSA) is 97.1 Å². The van der Waals surface area contributed by atoms with Crippen LogP contribution in [0.4, 0.5) is 0 Å². The molecule has 18 heavy (non-hydrogen) atoms. The van der Waals surface area contributed by atoms with E-state index in [1.165, 1.54) is 0 Å². The van der Waals surface area contributed by atoms with Gasteiger partial charge in [0.2, 0.25) is 5.91 Å². The number of nitrogens with zero attached hydrogens (tertiary/aromatic N) is 3. The second kappa shape index (κ2) is 5.61. The van der Waals surface area contributed by atoms with E-state index in [-0.39, 0.29) is 17.9 Å². The molecule has 1 aromatic rings. The second-order valence-electron chi connectivity index (χ2n) is 4.53. The lowest BCUT2D eigenvalue weighted by atomic mass is 10.1. The number of carbonyl (C=O) groups is 2. The maximum Gasteiger partial charge on any atom is 0.306 e. The Hall–Kier alpha value is -1.92. The van der Waals surface area contributed by atoms with Gasteiger partial charge in [-0.15, -0.1) is 5.10 Å². The average molecular weight is 252 g/mol. The molecule has 7 heteroatoms. The standard InChI is InChI=1S/C11H16N4O3/c16-10(3-5-15-6-4-12-14-15)13-9-2-1-8(7-9)11(17)18/h4,6,8-9H,1-3,5,7H2,(H,13,16)(H,17,18). The van der Waals surface area contributed by atoms with Crippen LogP contribution in [0.1, 0.15) is 25.7 Å². The number of rotatable bonds is 5. The van der Waals surface area contributed by atoms with Crippen molar-refractivity contribution in [1.29, 1.82) is 0 Å². The van der Waals surface area contributed by atoms with Crippen molar-refractivity contribution in [3.05, 3.63) is 12.4 Å². The van der Waals surface area contributed by atoms with Crippen molar-refractivity contribution in [3.8, 4) is 0 Å². The van der Waals surface area contributed by atoms with E-state index in [4.69, 9.17) is 5.11 Å². The van der Waals surface area contributed by atoms with Gasteiger partial charge in [0.25, 0.3) is 0 Å². The van der Waals surface area contributed by atoms with Gasteiger partial charge in [0.1, 0.15) is 0 Å². The third-order valence-electron chi connectivity index (χ3n) is 3.19. The van der Waals surface area contributed by atoms with Gasteiger partial charge in [0, 0.05) is 18.7 Å². The van der Waals surface area contributed by atoms with E-state index < -0.39 is 5.97 Å². The molecule has 1 saturated carbocycles. The van der Waals surface area contributed by atoms with Gasteiger partial charge in [0.15, 0.2) is 0 Å². The molecule has 0 saturated heterocycles. The Morgan fingerprint density at radius 1 is 1.44 bits per heavy atom. The number of carboxylic acid groups (broad SMARTS) is 1. The Morgan fingerprint density at radius 3 is 2.89 bits per heavy atom. The van der Waals surface area contributed by atoms with E-state index in [2.05, 4.69) is 15.6 Å². The highest BCUT2D eigenvalue weighted by molar-refractivity contribution is 5.76. The van der Waals surface area contributed by atoms with Gasteiger partial charge in [-0.25, -0.2) is 0 Å². The predicted octanol–water partition coefficient (Wildman–Crippen LogP) is 0.0377. The van der Waals surface area contributed by atoms with Crippen LogP contribution in [0.3, 0.4) is 0 Å². The van der Waals surface area contributed by atoms with Gasteiger partial charge < -0.3 is 10.4 Å². The molecule has 1 fully saturated rings. The van der Waals surface area contributed by atoms with E-state index in [1.807, 2.05) is 0 Å². The first-order chi connectivity index (χ1) is 8.65. The SMILES string of the molecule is O=C(CCn1ccnn1)NC1CCC(C(=O)O)C1. The largest absolute Gasteiger partial charge is 0.481 e. The van der Waals surface area contributed by atoms with Gasteiger partial charge in [-0.2, -0.15) is 0 Å². The van der Waals surface area contributed by atoms with Crippen LogP contribution in [-0.4, -0.2) is 38.0 Å². The lowest BCUT2D eigenvalue weighted by Gasteiger charge is -2.12. The van der Waals surface area contributed by atoms with Crippen LogP contribution in [0, 0.1) is 5.92 Å². The molecule has 1 aromatic heterocycles. The van der Waals surface area contributed by atoms with Crippen LogP contribution in [0.2, 0.25) is 0 Å². The molecule has 1 aliphatic rings. The van der Waals surface area contributed by atoms with Crippen LogP contribution in [0.5, 0.6) is 0 Å². The predicted molar refractivity (Wildman–Crippen MR) is 61.5 cm³/mol. The molecular weight excluding hydrogens is 236 g/mol. The zero-order valence-electron chi connectivity index (χ0n) is 9.95. The minimum Gasteiger partial charge on any atom is -0.481 e. The fourth-order valence-electron chi connectivity index (χ4n) is 2.20. The summed E-state index contributed by atoms with van der Waals surface area (Å²) >= 11 is 0. The second-order valence-corrected chi connectivity index (χ2v) is 4.53. The molecule has 0 spiro atoms. The zero-order chi connectivity index (χ0) is 13.0. The molecule has 0 aliphatic heterocycles. The van der Waals surface area contributed by atoms with Crippen molar-refractivity contribution < 1.29 is 14.7 Å². The van der Waals surface area contributed by atoms with E-state index in [1.54, 1.807) is 17.1 Å². The fraction of sp³-hybridized carbons (Fsp3) is 0.636. The Kier molecular flexibility index (Phi) is 3.91. The molecule has 2 atom stereocenters. The Balaban J connectivity index is 1.70. The summed E-state index contributed by atoms with van der Waals surface area (Å²) in [6.07, 6.45) is 5.51. The highest BCUT2D eigenvalue weighted by atomic mass is 16.4. The first-order valence-corrected chi connectivity index (χ1v) is 6.01. The Morgan fingerprint density at radius 2 is 2.28 bits per heavy atom. The molecular formula is C11H16N4O3. The minimum atomic E-state index is -0.769. The number of carboxylic acids is 1. The number of hydrogen-bond donors (Lipinski definition) is 2. The van der Waals surface area contributed by atoms with Crippen molar-refractivity contribution in [2.75, 3.05) is 0 Å². The summed E-state index contributed by atoms with van der Waals surface area (Å²) < 4.78 is 1.59. The normalized spacial score (nSPS) is 22.9. The third kappa shape index (κ3) is 3.28. The van der Waals surface area contributed by atoms with E-state index >= 15 is 0 Å². The molecule has 0 radical (unpaired) electrons. The monoisotopic (exact) mass is 252 g/mol. The van der Waals surface area contributed by atoms with Gasteiger partial charge in [-0.3, -0.25) is 14.3 Å². The van der Waals surface area contributed by atoms with Crippen LogP contribution < -0.4 is 5.32 Å². The molecule has 1 amide bonds. The summed E-state index contributed by atoms with van der Waals surface area (Å²) in [4.78, 5) is 22.4. The van der Waals surface area contributed by atoms with E-state index in [0.717, 1.165) is 6.42 Å². The first-order valence-electron chi connectivity index (χ1n) is 6.01. The summed E-state index contributed by atoms with van der Waals surface area (Å²) in [6, 6.07) is -0.00523. The molecule has 2 N–H and O–H groups in total. The van der Waals surface area contributed by atoms with Crippen molar-refractivity contribution in [2.24, 2.45) is 5.92 Å². The third-order valence-corrected chi connectivity index (χ3v) is 3.19.